The number of ether oxygens (including phenoxy) is 1. The van der Waals surface area contributed by atoms with Crippen LogP contribution in [0.15, 0.2) is 6.07 Å². The van der Waals surface area contributed by atoms with Crippen LogP contribution in [-0.4, -0.2) is 12.1 Å². The van der Waals surface area contributed by atoms with Gasteiger partial charge < -0.3 is 4.74 Å². The standard InChI is InChI=1S/C8H5F6NO/c1-16-4-2-3(9)6(8(12,13)14)15-5(4)7(10)11/h2,7H,1H3. The van der Waals surface area contributed by atoms with Gasteiger partial charge in [-0.1, -0.05) is 0 Å². The molecule has 1 aromatic rings. The van der Waals surface area contributed by atoms with Crippen LogP contribution in [0.4, 0.5) is 26.3 Å². The average Bonchev–Trinajstić information content (AvgIpc) is 2.14. The fraction of sp³-hybridized carbons (Fsp3) is 0.375. The molecule has 2 nitrogen and oxygen atoms in total. The molecule has 0 saturated carbocycles. The summed E-state index contributed by atoms with van der Waals surface area (Å²) in [4.78, 5) is 2.54. The molecule has 1 aromatic heterocycles. The third-order valence-corrected chi connectivity index (χ3v) is 1.66. The van der Waals surface area contributed by atoms with Crippen molar-refractivity contribution in [3.05, 3.63) is 23.3 Å². The van der Waals surface area contributed by atoms with Crippen LogP contribution in [0.2, 0.25) is 0 Å². The lowest BCUT2D eigenvalue weighted by Gasteiger charge is -2.12. The summed E-state index contributed by atoms with van der Waals surface area (Å²) in [5.41, 5.74) is -3.22. The Morgan fingerprint density at radius 2 is 1.88 bits per heavy atom. The third-order valence-electron chi connectivity index (χ3n) is 1.66. The smallest absolute Gasteiger partial charge is 0.436 e. The van der Waals surface area contributed by atoms with E-state index < -0.39 is 35.6 Å². The van der Waals surface area contributed by atoms with Crippen LogP contribution in [0, 0.1) is 5.82 Å². The van der Waals surface area contributed by atoms with Crippen LogP contribution in [-0.2, 0) is 6.18 Å². The number of aromatic nitrogens is 1. The predicted molar refractivity (Wildman–Crippen MR) is 40.7 cm³/mol. The van der Waals surface area contributed by atoms with E-state index in [1.807, 2.05) is 0 Å². The second-order valence-electron chi connectivity index (χ2n) is 2.70. The molecule has 90 valence electrons. The predicted octanol–water partition coefficient (Wildman–Crippen LogP) is 3.19. The molecule has 0 saturated heterocycles. The number of alkyl halides is 5. The number of nitrogens with zero attached hydrogens (tertiary/aromatic N) is 1. The minimum absolute atomic E-state index is 0.233. The van der Waals surface area contributed by atoms with Gasteiger partial charge in [0.25, 0.3) is 6.43 Å². The van der Waals surface area contributed by atoms with E-state index in [2.05, 4.69) is 9.72 Å². The van der Waals surface area contributed by atoms with E-state index in [9.17, 15) is 26.3 Å². The van der Waals surface area contributed by atoms with Crippen LogP contribution in [0.25, 0.3) is 0 Å². The van der Waals surface area contributed by atoms with Gasteiger partial charge in [-0.2, -0.15) is 13.2 Å². The van der Waals surface area contributed by atoms with Crippen molar-refractivity contribution in [2.45, 2.75) is 12.6 Å². The number of rotatable bonds is 2. The summed E-state index contributed by atoms with van der Waals surface area (Å²) in [5.74, 6) is -2.48. The molecule has 0 unspecified atom stereocenters. The molecule has 0 spiro atoms. The zero-order valence-electron chi connectivity index (χ0n) is 7.78. The van der Waals surface area contributed by atoms with Gasteiger partial charge in [-0.15, -0.1) is 0 Å². The molecule has 0 atom stereocenters. The molecule has 0 amide bonds. The molecule has 1 rings (SSSR count). The van der Waals surface area contributed by atoms with Gasteiger partial charge in [-0.3, -0.25) is 0 Å². The summed E-state index contributed by atoms with van der Waals surface area (Å²) in [6.07, 6.45) is -8.41. The fourth-order valence-corrected chi connectivity index (χ4v) is 1.00. The minimum atomic E-state index is -5.13. The van der Waals surface area contributed by atoms with Crippen molar-refractivity contribution in [3.63, 3.8) is 0 Å². The zero-order chi connectivity index (χ0) is 12.5. The maximum absolute atomic E-state index is 12.9. The summed E-state index contributed by atoms with van der Waals surface area (Å²) in [6.45, 7) is 0. The summed E-state index contributed by atoms with van der Waals surface area (Å²) >= 11 is 0. The van der Waals surface area contributed by atoms with Gasteiger partial charge in [0.2, 0.25) is 0 Å². The third kappa shape index (κ3) is 2.37. The van der Waals surface area contributed by atoms with Crippen LogP contribution >= 0.6 is 0 Å². The first-order chi connectivity index (χ1) is 7.27. The van der Waals surface area contributed by atoms with E-state index in [1.54, 1.807) is 0 Å². The molecule has 0 aromatic carbocycles. The molecule has 0 radical (unpaired) electrons. The lowest BCUT2D eigenvalue weighted by Crippen LogP contribution is -2.13. The molecule has 1 heterocycles. The molecular formula is C8H5F6NO. The molecule has 0 fully saturated rings. The lowest BCUT2D eigenvalue weighted by molar-refractivity contribution is -0.144. The Bertz CT molecular complexity index is 389. The Morgan fingerprint density at radius 1 is 1.31 bits per heavy atom. The Balaban J connectivity index is 3.39. The van der Waals surface area contributed by atoms with E-state index in [4.69, 9.17) is 0 Å². The van der Waals surface area contributed by atoms with E-state index in [-0.39, 0.29) is 6.07 Å². The zero-order valence-corrected chi connectivity index (χ0v) is 7.78. The average molecular weight is 245 g/mol. The molecule has 0 N–H and O–H groups in total. The molecule has 0 aliphatic heterocycles. The van der Waals surface area contributed by atoms with Crippen molar-refractivity contribution in [1.82, 2.24) is 4.98 Å². The fourth-order valence-electron chi connectivity index (χ4n) is 1.00. The molecule has 0 aliphatic rings. The maximum atomic E-state index is 12.9. The maximum Gasteiger partial charge on any atom is 0.436 e. The van der Waals surface area contributed by atoms with E-state index in [1.165, 1.54) is 0 Å². The first-order valence-corrected chi connectivity index (χ1v) is 3.87. The number of hydrogen-bond acceptors (Lipinski definition) is 2. The van der Waals surface area contributed by atoms with Crippen molar-refractivity contribution in [1.29, 1.82) is 0 Å². The summed E-state index contributed by atoms with van der Waals surface area (Å²) < 4.78 is 78.2. The van der Waals surface area contributed by atoms with Gasteiger partial charge in [0.05, 0.1) is 7.11 Å². The van der Waals surface area contributed by atoms with Crippen LogP contribution < -0.4 is 4.74 Å². The molecular weight excluding hydrogens is 240 g/mol. The first kappa shape index (κ1) is 12.6. The summed E-state index contributed by atoms with van der Waals surface area (Å²) in [6, 6.07) is 0.233. The van der Waals surface area contributed by atoms with Gasteiger partial charge in [-0.05, 0) is 0 Å². The SMILES string of the molecule is COc1cc(F)c(C(F)(F)F)nc1C(F)F. The Morgan fingerprint density at radius 3 is 2.25 bits per heavy atom. The molecule has 16 heavy (non-hydrogen) atoms. The highest BCUT2D eigenvalue weighted by Gasteiger charge is 2.38. The topological polar surface area (TPSA) is 22.1 Å². The molecule has 8 heteroatoms. The Labute approximate surface area is 85.9 Å². The molecule has 0 bridgehead atoms. The minimum Gasteiger partial charge on any atom is -0.495 e. The second kappa shape index (κ2) is 4.18. The highest BCUT2D eigenvalue weighted by atomic mass is 19.4. The van der Waals surface area contributed by atoms with Crippen LogP contribution in [0.5, 0.6) is 5.75 Å². The van der Waals surface area contributed by atoms with Crippen LogP contribution in [0.3, 0.4) is 0 Å². The Kier molecular flexibility index (Phi) is 3.30. The second-order valence-corrected chi connectivity index (χ2v) is 2.70. The number of hydrogen-bond donors (Lipinski definition) is 0. The Hall–Kier alpha value is -1.47. The van der Waals surface area contributed by atoms with Crippen molar-refractivity contribution >= 4 is 0 Å². The van der Waals surface area contributed by atoms with Gasteiger partial charge in [0.1, 0.15) is 11.4 Å². The van der Waals surface area contributed by atoms with Crippen LogP contribution in [0.1, 0.15) is 17.8 Å². The quantitative estimate of drug-likeness (QED) is 0.746. The first-order valence-electron chi connectivity index (χ1n) is 3.87. The van der Waals surface area contributed by atoms with Crippen molar-refractivity contribution < 1.29 is 31.1 Å². The van der Waals surface area contributed by atoms with Crippen molar-refractivity contribution in [3.8, 4) is 5.75 Å². The summed E-state index contributed by atoms with van der Waals surface area (Å²) in [7, 11) is 0.926. The van der Waals surface area contributed by atoms with E-state index >= 15 is 0 Å². The van der Waals surface area contributed by atoms with E-state index in [0.717, 1.165) is 7.11 Å². The van der Waals surface area contributed by atoms with Crippen molar-refractivity contribution in [2.24, 2.45) is 0 Å². The van der Waals surface area contributed by atoms with Gasteiger partial charge in [-0.25, -0.2) is 18.2 Å². The normalized spacial score (nSPS) is 12.0. The van der Waals surface area contributed by atoms with Gasteiger partial charge >= 0.3 is 6.18 Å². The van der Waals surface area contributed by atoms with Gasteiger partial charge in [0, 0.05) is 6.07 Å². The number of methoxy groups -OCH3 is 1. The van der Waals surface area contributed by atoms with E-state index in [0.29, 0.717) is 0 Å². The molecule has 0 aliphatic carbocycles. The summed E-state index contributed by atoms with van der Waals surface area (Å²) in [5, 5.41) is 0. The number of pyridine rings is 1. The highest BCUT2D eigenvalue weighted by Crippen LogP contribution is 2.35. The van der Waals surface area contributed by atoms with Gasteiger partial charge in [0.15, 0.2) is 11.5 Å². The van der Waals surface area contributed by atoms with Crippen molar-refractivity contribution in [2.75, 3.05) is 7.11 Å². The monoisotopic (exact) mass is 245 g/mol. The number of halogens is 6. The lowest BCUT2D eigenvalue weighted by atomic mass is 10.2. The largest absolute Gasteiger partial charge is 0.495 e. The highest BCUT2D eigenvalue weighted by molar-refractivity contribution is 5.32.